The summed E-state index contributed by atoms with van der Waals surface area (Å²) in [6, 6.07) is 13.5. The van der Waals surface area contributed by atoms with Crippen LogP contribution in [-0.4, -0.2) is 13.7 Å². The molecule has 0 N–H and O–H groups in total. The molecule has 20 heavy (non-hydrogen) atoms. The van der Waals surface area contributed by atoms with Crippen molar-refractivity contribution in [2.75, 3.05) is 5.33 Å². The molecule has 1 aliphatic carbocycles. The Morgan fingerprint density at radius 2 is 1.75 bits per heavy atom. The highest BCUT2D eigenvalue weighted by atomic mass is 79.9. The number of benzene rings is 2. The van der Waals surface area contributed by atoms with Crippen LogP contribution in [0.15, 0.2) is 42.5 Å². The lowest BCUT2D eigenvalue weighted by Gasteiger charge is -2.13. The predicted octanol–water partition coefficient (Wildman–Crippen LogP) is 4.26. The van der Waals surface area contributed by atoms with Gasteiger partial charge in [0.15, 0.2) is 0 Å². The Balaban J connectivity index is 2.34. The molecule has 2 aromatic rings. The molecule has 0 radical (unpaired) electrons. The van der Waals surface area contributed by atoms with Gasteiger partial charge in [-0.1, -0.05) is 58.4 Å². The van der Waals surface area contributed by atoms with Crippen molar-refractivity contribution in [3.05, 3.63) is 59.2 Å². The summed E-state index contributed by atoms with van der Waals surface area (Å²) in [6.07, 6.45) is 0.778. The summed E-state index contributed by atoms with van der Waals surface area (Å²) in [6.45, 7) is 0. The Labute approximate surface area is 131 Å². The average molecular weight is 372 g/mol. The van der Waals surface area contributed by atoms with Gasteiger partial charge in [0.1, 0.15) is 5.25 Å². The van der Waals surface area contributed by atoms with Crippen molar-refractivity contribution in [3.8, 4) is 11.1 Å². The zero-order chi connectivity index (χ0) is 14.3. The monoisotopic (exact) mass is 370 g/mol. The van der Waals surface area contributed by atoms with E-state index in [9.17, 15) is 8.42 Å². The van der Waals surface area contributed by atoms with Crippen molar-refractivity contribution in [1.82, 2.24) is 0 Å². The van der Waals surface area contributed by atoms with Crippen LogP contribution in [-0.2, 0) is 15.5 Å². The second kappa shape index (κ2) is 5.17. The highest BCUT2D eigenvalue weighted by Gasteiger charge is 2.38. The summed E-state index contributed by atoms with van der Waals surface area (Å²) in [5.41, 5.74) is 4.59. The molecule has 1 aliphatic rings. The van der Waals surface area contributed by atoms with Gasteiger partial charge in [-0.2, -0.15) is 0 Å². The van der Waals surface area contributed by atoms with Gasteiger partial charge in [0, 0.05) is 16.0 Å². The maximum atomic E-state index is 12.1. The second-order valence-corrected chi connectivity index (χ2v) is 8.27. The molecule has 0 saturated carbocycles. The summed E-state index contributed by atoms with van der Waals surface area (Å²) >= 11 is 3.42. The van der Waals surface area contributed by atoms with Gasteiger partial charge in [0.05, 0.1) is 0 Å². The SMILES string of the molecule is O=S(=O)(Cl)C1c2ccccc2-c2cccc(CCBr)c21. The van der Waals surface area contributed by atoms with Gasteiger partial charge in [-0.15, -0.1) is 0 Å². The van der Waals surface area contributed by atoms with Crippen LogP contribution in [0.5, 0.6) is 0 Å². The Bertz CT molecular complexity index is 771. The molecule has 0 amide bonds. The van der Waals surface area contributed by atoms with Gasteiger partial charge in [-0.05, 0) is 34.2 Å². The smallest absolute Gasteiger partial charge is 0.211 e. The van der Waals surface area contributed by atoms with Crippen molar-refractivity contribution >= 4 is 35.7 Å². The molecule has 0 aliphatic heterocycles. The van der Waals surface area contributed by atoms with E-state index < -0.39 is 14.3 Å². The number of aryl methyl sites for hydroxylation is 1. The summed E-state index contributed by atoms with van der Waals surface area (Å²) in [5, 5.41) is 0.0279. The van der Waals surface area contributed by atoms with E-state index in [-0.39, 0.29) is 0 Å². The number of alkyl halides is 1. The van der Waals surface area contributed by atoms with Gasteiger partial charge < -0.3 is 0 Å². The fraction of sp³-hybridized carbons (Fsp3) is 0.200. The van der Waals surface area contributed by atoms with Crippen LogP contribution in [0.25, 0.3) is 11.1 Å². The van der Waals surface area contributed by atoms with Crippen LogP contribution in [0.1, 0.15) is 21.9 Å². The molecule has 0 spiro atoms. The lowest BCUT2D eigenvalue weighted by molar-refractivity contribution is 0.603. The lowest BCUT2D eigenvalue weighted by atomic mass is 10.00. The molecule has 3 rings (SSSR count). The highest BCUT2D eigenvalue weighted by molar-refractivity contribution is 9.09. The number of hydrogen-bond donors (Lipinski definition) is 0. The van der Waals surface area contributed by atoms with E-state index in [1.807, 2.05) is 42.5 Å². The minimum atomic E-state index is -3.71. The Kier molecular flexibility index (Phi) is 3.65. The average Bonchev–Trinajstić information content (AvgIpc) is 2.74. The van der Waals surface area contributed by atoms with Crippen molar-refractivity contribution in [2.45, 2.75) is 11.7 Å². The molecule has 0 bridgehead atoms. The second-order valence-electron chi connectivity index (χ2n) is 4.76. The van der Waals surface area contributed by atoms with Crippen LogP contribution in [0.3, 0.4) is 0 Å². The van der Waals surface area contributed by atoms with E-state index in [4.69, 9.17) is 10.7 Å². The Hall–Kier alpha value is -0.840. The molecule has 1 atom stereocenters. The van der Waals surface area contributed by atoms with Gasteiger partial charge in [-0.3, -0.25) is 0 Å². The van der Waals surface area contributed by atoms with E-state index >= 15 is 0 Å². The summed E-state index contributed by atoms with van der Waals surface area (Å²) < 4.78 is 24.1. The predicted molar refractivity (Wildman–Crippen MR) is 86.0 cm³/mol. The minimum Gasteiger partial charge on any atom is -0.211 e. The number of hydrogen-bond acceptors (Lipinski definition) is 2. The Morgan fingerprint density at radius 3 is 2.45 bits per heavy atom. The fourth-order valence-electron chi connectivity index (χ4n) is 2.90. The number of rotatable bonds is 3. The molecular formula is C15H12BrClO2S. The summed E-state index contributed by atoms with van der Waals surface area (Å²) in [5.74, 6) is 0. The minimum absolute atomic E-state index is 0.759. The molecule has 0 heterocycles. The molecule has 2 nitrogen and oxygen atoms in total. The molecule has 1 unspecified atom stereocenters. The van der Waals surface area contributed by atoms with Crippen LogP contribution < -0.4 is 0 Å². The highest BCUT2D eigenvalue weighted by Crippen LogP contribution is 2.49. The normalized spacial score (nSPS) is 16.8. The van der Waals surface area contributed by atoms with Crippen molar-refractivity contribution in [3.63, 3.8) is 0 Å². The molecule has 2 aromatic carbocycles. The van der Waals surface area contributed by atoms with Crippen LogP contribution >= 0.6 is 26.6 Å². The van der Waals surface area contributed by atoms with Crippen LogP contribution in [0.4, 0.5) is 0 Å². The Morgan fingerprint density at radius 1 is 1.05 bits per heavy atom. The molecule has 5 heteroatoms. The molecular weight excluding hydrogens is 360 g/mol. The third-order valence-corrected chi connectivity index (χ3v) is 5.62. The van der Waals surface area contributed by atoms with Crippen molar-refractivity contribution in [1.29, 1.82) is 0 Å². The van der Waals surface area contributed by atoms with Gasteiger partial charge in [0.25, 0.3) is 0 Å². The maximum absolute atomic E-state index is 12.1. The third-order valence-electron chi connectivity index (χ3n) is 3.64. The maximum Gasteiger partial charge on any atom is 0.243 e. The number of fused-ring (bicyclic) bond motifs is 3. The first-order chi connectivity index (χ1) is 9.54. The zero-order valence-electron chi connectivity index (χ0n) is 10.5. The van der Waals surface area contributed by atoms with Gasteiger partial charge >= 0.3 is 0 Å². The number of halogens is 2. The lowest BCUT2D eigenvalue weighted by Crippen LogP contribution is -2.08. The van der Waals surface area contributed by atoms with E-state index in [2.05, 4.69) is 15.9 Å². The third kappa shape index (κ3) is 2.20. The van der Waals surface area contributed by atoms with Crippen LogP contribution in [0, 0.1) is 0 Å². The fourth-order valence-corrected chi connectivity index (χ4v) is 4.95. The van der Waals surface area contributed by atoms with Crippen molar-refractivity contribution < 1.29 is 8.42 Å². The van der Waals surface area contributed by atoms with E-state index in [0.717, 1.165) is 39.6 Å². The first kappa shape index (κ1) is 14.1. The van der Waals surface area contributed by atoms with Crippen molar-refractivity contribution in [2.24, 2.45) is 0 Å². The summed E-state index contributed by atoms with van der Waals surface area (Å²) in [7, 11) is 2.01. The quantitative estimate of drug-likeness (QED) is 0.596. The van der Waals surface area contributed by atoms with E-state index in [1.54, 1.807) is 0 Å². The van der Waals surface area contributed by atoms with Gasteiger partial charge in [0.2, 0.25) is 9.05 Å². The van der Waals surface area contributed by atoms with E-state index in [0.29, 0.717) is 0 Å². The molecule has 104 valence electrons. The molecule has 0 aromatic heterocycles. The first-order valence-electron chi connectivity index (χ1n) is 6.24. The molecule has 0 fully saturated rings. The topological polar surface area (TPSA) is 34.1 Å². The van der Waals surface area contributed by atoms with Crippen LogP contribution in [0.2, 0.25) is 0 Å². The summed E-state index contributed by atoms with van der Waals surface area (Å²) in [4.78, 5) is 0. The largest absolute Gasteiger partial charge is 0.243 e. The zero-order valence-corrected chi connectivity index (χ0v) is 13.7. The van der Waals surface area contributed by atoms with E-state index in [1.165, 1.54) is 0 Å². The molecule has 0 saturated heterocycles. The standard InChI is InChI=1S/C15H12BrClO2S/c16-9-8-10-4-3-7-12-11-5-1-2-6-13(11)15(14(10)12)20(17,18)19/h1-7,15H,8-9H2. The van der Waals surface area contributed by atoms with Gasteiger partial charge in [-0.25, -0.2) is 8.42 Å². The first-order valence-corrected chi connectivity index (χ1v) is 9.74.